The van der Waals surface area contributed by atoms with Gasteiger partial charge in [-0.1, -0.05) is 0 Å². The van der Waals surface area contributed by atoms with Crippen LogP contribution in [0.15, 0.2) is 41.0 Å². The fraction of sp³-hybridized carbons (Fsp3) is 0.412. The third-order valence-corrected chi connectivity index (χ3v) is 6.28. The van der Waals surface area contributed by atoms with Crippen LogP contribution in [0.5, 0.6) is 5.75 Å². The number of nitrogens with zero attached hydrogens (tertiary/aromatic N) is 3. The molecule has 0 saturated carbocycles. The van der Waals surface area contributed by atoms with Crippen LogP contribution in [0, 0.1) is 10.1 Å². The molecule has 2 heterocycles. The van der Waals surface area contributed by atoms with Gasteiger partial charge in [0.2, 0.25) is 6.20 Å². The molecule has 0 aliphatic rings. The van der Waals surface area contributed by atoms with Gasteiger partial charge in [-0.3, -0.25) is 15.1 Å². The summed E-state index contributed by atoms with van der Waals surface area (Å²) in [6.07, 6.45) is 5.92. The van der Waals surface area contributed by atoms with Crippen LogP contribution < -0.4 is 4.74 Å². The summed E-state index contributed by atoms with van der Waals surface area (Å²) in [5.74, 6) is 3.91. The number of hydrogen-bond donors (Lipinski definition) is 1. The molecular formula is C17H21BrN4O3S2. The molecule has 0 aliphatic carbocycles. The highest BCUT2D eigenvalue weighted by molar-refractivity contribution is 9.10. The molecular weight excluding hydrogens is 452 g/mol. The number of aromatic amines is 1. The van der Waals surface area contributed by atoms with Gasteiger partial charge in [0.1, 0.15) is 10.4 Å². The van der Waals surface area contributed by atoms with Crippen LogP contribution >= 0.6 is 39.5 Å². The molecule has 0 radical (unpaired) electrons. The number of imidazole rings is 1. The number of hydrogen-bond acceptors (Lipinski definition) is 7. The van der Waals surface area contributed by atoms with Gasteiger partial charge in [-0.2, -0.15) is 23.5 Å². The van der Waals surface area contributed by atoms with Gasteiger partial charge in [-0.05, 0) is 52.4 Å². The van der Waals surface area contributed by atoms with Crippen molar-refractivity contribution in [2.75, 3.05) is 18.6 Å². The Labute approximate surface area is 175 Å². The third kappa shape index (κ3) is 7.94. The normalized spacial score (nSPS) is 11.6. The fourth-order valence-electron chi connectivity index (χ4n) is 2.28. The highest BCUT2D eigenvalue weighted by Gasteiger charge is 2.08. The van der Waals surface area contributed by atoms with Gasteiger partial charge in [0.25, 0.3) is 0 Å². The number of pyridine rings is 1. The van der Waals surface area contributed by atoms with Gasteiger partial charge in [0.05, 0.1) is 29.7 Å². The Balaban J connectivity index is 1.74. The molecule has 0 amide bonds. The zero-order valence-electron chi connectivity index (χ0n) is 14.9. The Bertz CT molecular complexity index is 770. The second-order valence-electron chi connectivity index (χ2n) is 5.50. The summed E-state index contributed by atoms with van der Waals surface area (Å²) < 4.78 is 6.11. The van der Waals surface area contributed by atoms with Crippen LogP contribution in [-0.4, -0.2) is 38.5 Å². The minimum atomic E-state index is -0.363. The van der Waals surface area contributed by atoms with E-state index in [0.29, 0.717) is 12.8 Å². The minimum Gasteiger partial charge on any atom is -0.495 e. The topological polar surface area (TPSA) is 93.9 Å². The van der Waals surface area contributed by atoms with Gasteiger partial charge in [0.15, 0.2) is 0 Å². The molecule has 2 rings (SSSR count). The van der Waals surface area contributed by atoms with Crippen LogP contribution in [0.4, 0.5) is 0 Å². The number of methoxy groups -OCH3 is 1. The van der Waals surface area contributed by atoms with Gasteiger partial charge >= 0.3 is 0 Å². The highest BCUT2D eigenvalue weighted by atomic mass is 79.9. The lowest BCUT2D eigenvalue weighted by molar-refractivity contribution is -0.403. The molecule has 0 fully saturated rings. The predicted octanol–water partition coefficient (Wildman–Crippen LogP) is 4.68. The third-order valence-electron chi connectivity index (χ3n) is 3.64. The number of rotatable bonds is 12. The second-order valence-corrected chi connectivity index (χ2v) is 8.46. The lowest BCUT2D eigenvalue weighted by Crippen LogP contribution is -1.97. The average Bonchev–Trinajstić information content (AvgIpc) is 3.06. The molecule has 0 atom stereocenters. The Morgan fingerprint density at radius 3 is 2.70 bits per heavy atom. The standard InChI is InChI=1S/C17H21BrN4O3S2/c1-25-16-3-2-6-19-14(16)10-26-7-4-13(9-22(23)24)5-8-27-11-15-17(18)21-12-20-15/h2-3,6,9,12H,4-5,7-8,10-11H2,1H3,(H,20,21)/b13-9-. The maximum Gasteiger partial charge on any atom is 0.233 e. The number of H-pyrrole nitrogens is 1. The summed E-state index contributed by atoms with van der Waals surface area (Å²) in [5, 5.41) is 10.9. The quantitative estimate of drug-likeness (QED) is 0.272. The van der Waals surface area contributed by atoms with Crippen molar-refractivity contribution >= 4 is 39.5 Å². The molecule has 146 valence electrons. The van der Waals surface area contributed by atoms with Gasteiger partial charge in [0, 0.05) is 23.3 Å². The summed E-state index contributed by atoms with van der Waals surface area (Å²) in [6, 6.07) is 3.72. The van der Waals surface area contributed by atoms with Crippen LogP contribution in [0.25, 0.3) is 0 Å². The first-order valence-electron chi connectivity index (χ1n) is 8.24. The fourth-order valence-corrected chi connectivity index (χ4v) is 4.75. The Morgan fingerprint density at radius 1 is 1.33 bits per heavy atom. The maximum absolute atomic E-state index is 10.9. The number of ether oxygens (including phenoxy) is 1. The lowest BCUT2D eigenvalue weighted by Gasteiger charge is -2.08. The van der Waals surface area contributed by atoms with Crippen molar-refractivity contribution in [2.24, 2.45) is 0 Å². The maximum atomic E-state index is 10.9. The molecule has 2 aromatic heterocycles. The first kappa shape index (κ1) is 21.8. The molecule has 0 saturated heterocycles. The van der Waals surface area contributed by atoms with E-state index in [2.05, 4.69) is 30.9 Å². The first-order valence-corrected chi connectivity index (χ1v) is 11.3. The average molecular weight is 473 g/mol. The van der Waals surface area contributed by atoms with E-state index in [1.54, 1.807) is 43.2 Å². The predicted molar refractivity (Wildman–Crippen MR) is 114 cm³/mol. The van der Waals surface area contributed by atoms with Crippen LogP contribution in [-0.2, 0) is 11.5 Å². The van der Waals surface area contributed by atoms with E-state index >= 15 is 0 Å². The lowest BCUT2D eigenvalue weighted by atomic mass is 10.2. The van der Waals surface area contributed by atoms with E-state index < -0.39 is 0 Å². The second kappa shape index (κ2) is 12.0. The summed E-state index contributed by atoms with van der Waals surface area (Å²) in [7, 11) is 1.63. The number of thioether (sulfide) groups is 2. The van der Waals surface area contributed by atoms with Gasteiger partial charge < -0.3 is 9.72 Å². The van der Waals surface area contributed by atoms with Crippen LogP contribution in [0.1, 0.15) is 24.2 Å². The summed E-state index contributed by atoms with van der Waals surface area (Å²) in [4.78, 5) is 22.0. The monoisotopic (exact) mass is 472 g/mol. The zero-order chi connectivity index (χ0) is 19.5. The number of nitro groups is 1. The Hall–Kier alpha value is -1.52. The van der Waals surface area contributed by atoms with E-state index in [-0.39, 0.29) is 4.92 Å². The molecule has 0 aromatic carbocycles. The molecule has 27 heavy (non-hydrogen) atoms. The van der Waals surface area contributed by atoms with E-state index in [1.807, 2.05) is 12.1 Å². The van der Waals surface area contributed by atoms with Crippen molar-refractivity contribution < 1.29 is 9.66 Å². The molecule has 1 N–H and O–H groups in total. The van der Waals surface area contributed by atoms with Gasteiger partial charge in [-0.15, -0.1) is 0 Å². The Kier molecular flexibility index (Phi) is 9.71. The number of nitrogens with one attached hydrogen (secondary N) is 1. The summed E-state index contributed by atoms with van der Waals surface area (Å²) in [5.41, 5.74) is 2.78. The molecule has 0 bridgehead atoms. The molecule has 0 spiro atoms. The largest absolute Gasteiger partial charge is 0.495 e. The van der Waals surface area contributed by atoms with Crippen molar-refractivity contribution in [1.82, 2.24) is 15.0 Å². The number of allylic oxidation sites excluding steroid dienone is 1. The van der Waals surface area contributed by atoms with Crippen LogP contribution in [0.3, 0.4) is 0 Å². The van der Waals surface area contributed by atoms with Crippen molar-refractivity contribution in [3.8, 4) is 5.75 Å². The minimum absolute atomic E-state index is 0.363. The molecule has 7 nitrogen and oxygen atoms in total. The summed E-state index contributed by atoms with van der Waals surface area (Å²) >= 11 is 6.80. The molecule has 10 heteroatoms. The molecule has 0 unspecified atom stereocenters. The van der Waals surface area contributed by atoms with Gasteiger partial charge in [-0.25, -0.2) is 4.98 Å². The highest BCUT2D eigenvalue weighted by Crippen LogP contribution is 2.24. The zero-order valence-corrected chi connectivity index (χ0v) is 18.1. The van der Waals surface area contributed by atoms with E-state index in [1.165, 1.54) is 0 Å². The van der Waals surface area contributed by atoms with Crippen LogP contribution in [0.2, 0.25) is 0 Å². The van der Waals surface area contributed by atoms with E-state index in [0.717, 1.165) is 56.5 Å². The van der Waals surface area contributed by atoms with E-state index in [4.69, 9.17) is 4.74 Å². The van der Waals surface area contributed by atoms with Crippen molar-refractivity contribution in [3.63, 3.8) is 0 Å². The van der Waals surface area contributed by atoms with Crippen molar-refractivity contribution in [3.05, 3.63) is 62.5 Å². The number of aromatic nitrogens is 3. The Morgan fingerprint density at radius 2 is 2.07 bits per heavy atom. The van der Waals surface area contributed by atoms with Crippen molar-refractivity contribution in [1.29, 1.82) is 0 Å². The SMILES string of the molecule is COc1cccnc1CSCC/C(=C/[N+](=O)[O-])CCSCc1[nH]cnc1Br. The smallest absolute Gasteiger partial charge is 0.233 e. The summed E-state index contributed by atoms with van der Waals surface area (Å²) in [6.45, 7) is 0. The molecule has 0 aliphatic heterocycles. The van der Waals surface area contributed by atoms with E-state index in [9.17, 15) is 10.1 Å². The number of halogens is 1. The molecule has 2 aromatic rings. The first-order chi connectivity index (χ1) is 13.1. The van der Waals surface area contributed by atoms with Crippen molar-refractivity contribution in [2.45, 2.75) is 24.3 Å².